The van der Waals surface area contributed by atoms with Crippen molar-refractivity contribution in [3.05, 3.63) is 42.0 Å². The fraction of sp³-hybridized carbons (Fsp3) is 0.389. The predicted octanol–water partition coefficient (Wildman–Crippen LogP) is 2.26. The van der Waals surface area contributed by atoms with Crippen molar-refractivity contribution in [3.63, 3.8) is 0 Å². The number of carbonyl (C=O) groups excluding carboxylic acids is 1. The lowest BCUT2D eigenvalue weighted by Crippen LogP contribution is -2.22. The second kappa shape index (κ2) is 8.82. The summed E-state index contributed by atoms with van der Waals surface area (Å²) in [4.78, 5) is 11.0. The highest BCUT2D eigenvalue weighted by Crippen LogP contribution is 2.24. The molecular weight excluding hydrogens is 342 g/mol. The summed E-state index contributed by atoms with van der Waals surface area (Å²) in [6, 6.07) is 11.9. The zero-order chi connectivity index (χ0) is 18.3. The second-order valence-corrected chi connectivity index (χ2v) is 7.41. The molecule has 1 amide bonds. The van der Waals surface area contributed by atoms with E-state index in [1.54, 1.807) is 0 Å². The second-order valence-electron chi connectivity index (χ2n) is 5.76. The molecule has 1 N–H and O–H groups in total. The molecule has 2 rings (SSSR count). The number of benzene rings is 2. The molecule has 7 heteroatoms. The summed E-state index contributed by atoms with van der Waals surface area (Å²) in [6.07, 6.45) is 2.25. The highest BCUT2D eigenvalue weighted by atomic mass is 32.2. The van der Waals surface area contributed by atoms with Crippen LogP contribution in [0, 0.1) is 0 Å². The van der Waals surface area contributed by atoms with Gasteiger partial charge < -0.3 is 10.1 Å². The first-order valence-corrected chi connectivity index (χ1v) is 9.90. The number of carbonyl (C=O) groups is 1. The van der Waals surface area contributed by atoms with Crippen LogP contribution in [0.15, 0.2) is 36.4 Å². The maximum atomic E-state index is 11.0. The summed E-state index contributed by atoms with van der Waals surface area (Å²) in [5, 5.41) is 4.99. The van der Waals surface area contributed by atoms with E-state index in [0.29, 0.717) is 19.6 Å². The molecule has 0 radical (unpaired) electrons. The van der Waals surface area contributed by atoms with Gasteiger partial charge in [-0.25, -0.2) is 0 Å². The first-order chi connectivity index (χ1) is 11.8. The quantitative estimate of drug-likeness (QED) is 0.544. The Morgan fingerprint density at radius 3 is 2.68 bits per heavy atom. The lowest BCUT2D eigenvalue weighted by atomic mass is 10.0. The minimum atomic E-state index is -3.40. The van der Waals surface area contributed by atoms with Crippen molar-refractivity contribution in [2.45, 2.75) is 19.8 Å². The summed E-state index contributed by atoms with van der Waals surface area (Å²) in [5.41, 5.74) is 1.14. The zero-order valence-corrected chi connectivity index (χ0v) is 15.3. The van der Waals surface area contributed by atoms with Crippen LogP contribution < -0.4 is 10.1 Å². The average molecular weight is 365 g/mol. The van der Waals surface area contributed by atoms with Gasteiger partial charge in [0.2, 0.25) is 5.91 Å². The summed E-state index contributed by atoms with van der Waals surface area (Å²) in [7, 11) is -3.40. The molecule has 25 heavy (non-hydrogen) atoms. The van der Waals surface area contributed by atoms with Crippen LogP contribution in [0.1, 0.15) is 18.9 Å². The van der Waals surface area contributed by atoms with Crippen molar-refractivity contribution in [3.8, 4) is 5.75 Å². The van der Waals surface area contributed by atoms with Gasteiger partial charge in [-0.3, -0.25) is 8.98 Å². The van der Waals surface area contributed by atoms with Crippen molar-refractivity contribution in [1.29, 1.82) is 0 Å². The third-order valence-electron chi connectivity index (χ3n) is 3.57. The van der Waals surface area contributed by atoms with E-state index in [4.69, 9.17) is 4.74 Å². The summed E-state index contributed by atoms with van der Waals surface area (Å²) in [5.74, 6) is 0.680. The Bertz CT molecular complexity index is 832. The standard InChI is InChI=1S/C18H23NO5S/c1-14(20)19-10-9-16-6-3-5-15-7-8-17(13-18(15)16)23-11-4-12-24-25(2,21)22/h3,5-8,13H,4,9-12H2,1-2H3,(H,19,20). The van der Waals surface area contributed by atoms with Crippen LogP contribution in [0.4, 0.5) is 0 Å². The molecule has 0 atom stereocenters. The Morgan fingerprint density at radius 2 is 1.96 bits per heavy atom. The zero-order valence-electron chi connectivity index (χ0n) is 14.4. The maximum Gasteiger partial charge on any atom is 0.264 e. The topological polar surface area (TPSA) is 81.7 Å². The monoisotopic (exact) mass is 365 g/mol. The van der Waals surface area contributed by atoms with Gasteiger partial charge in [0.1, 0.15) is 5.75 Å². The van der Waals surface area contributed by atoms with Crippen molar-refractivity contribution >= 4 is 26.8 Å². The molecule has 0 bridgehead atoms. The highest BCUT2D eigenvalue weighted by Gasteiger charge is 2.05. The van der Waals surface area contributed by atoms with Crippen LogP contribution in [0.2, 0.25) is 0 Å². The van der Waals surface area contributed by atoms with Gasteiger partial charge in [-0.2, -0.15) is 8.42 Å². The molecule has 0 spiro atoms. The molecule has 0 aliphatic carbocycles. The molecule has 0 unspecified atom stereocenters. The average Bonchev–Trinajstić information content (AvgIpc) is 2.53. The number of rotatable bonds is 9. The fourth-order valence-corrected chi connectivity index (χ4v) is 2.88. The molecular formula is C18H23NO5S. The Kier molecular flexibility index (Phi) is 6.78. The van der Waals surface area contributed by atoms with Gasteiger partial charge in [0, 0.05) is 19.9 Å². The Morgan fingerprint density at radius 1 is 1.16 bits per heavy atom. The van der Waals surface area contributed by atoms with Crippen molar-refractivity contribution in [1.82, 2.24) is 5.32 Å². The minimum absolute atomic E-state index is 0.0411. The number of ether oxygens (including phenoxy) is 1. The van der Waals surface area contributed by atoms with Crippen LogP contribution in [0.25, 0.3) is 10.8 Å². The van der Waals surface area contributed by atoms with E-state index in [2.05, 4.69) is 9.50 Å². The molecule has 0 aliphatic rings. The molecule has 0 aliphatic heterocycles. The van der Waals surface area contributed by atoms with Gasteiger partial charge in [0.15, 0.2) is 0 Å². The first-order valence-electron chi connectivity index (χ1n) is 8.08. The van der Waals surface area contributed by atoms with E-state index in [0.717, 1.165) is 34.8 Å². The van der Waals surface area contributed by atoms with Crippen LogP contribution in [-0.2, 0) is 25.5 Å². The lowest BCUT2D eigenvalue weighted by molar-refractivity contribution is -0.118. The number of amides is 1. The van der Waals surface area contributed by atoms with Gasteiger partial charge in [-0.05, 0) is 34.9 Å². The Labute approximate surface area is 148 Å². The van der Waals surface area contributed by atoms with Crippen LogP contribution in [0.3, 0.4) is 0 Å². The van der Waals surface area contributed by atoms with Gasteiger partial charge in [-0.15, -0.1) is 0 Å². The molecule has 0 aromatic heterocycles. The van der Waals surface area contributed by atoms with Gasteiger partial charge >= 0.3 is 0 Å². The third kappa shape index (κ3) is 6.72. The van der Waals surface area contributed by atoms with Gasteiger partial charge in [0.05, 0.1) is 19.5 Å². The van der Waals surface area contributed by atoms with Crippen molar-refractivity contribution in [2.75, 3.05) is 26.0 Å². The summed E-state index contributed by atoms with van der Waals surface area (Å²) >= 11 is 0. The largest absolute Gasteiger partial charge is 0.493 e. The third-order valence-corrected chi connectivity index (χ3v) is 4.16. The van der Waals surface area contributed by atoms with Crippen LogP contribution >= 0.6 is 0 Å². The van der Waals surface area contributed by atoms with E-state index in [9.17, 15) is 13.2 Å². The molecule has 0 fully saturated rings. The minimum Gasteiger partial charge on any atom is -0.493 e. The lowest BCUT2D eigenvalue weighted by Gasteiger charge is -2.10. The molecule has 0 saturated carbocycles. The summed E-state index contributed by atoms with van der Waals surface area (Å²) < 4.78 is 32.1. The number of hydrogen-bond acceptors (Lipinski definition) is 5. The fourth-order valence-electron chi connectivity index (χ4n) is 2.46. The molecule has 0 heterocycles. The van der Waals surface area contributed by atoms with E-state index in [1.807, 2.05) is 36.4 Å². The highest BCUT2D eigenvalue weighted by molar-refractivity contribution is 7.85. The molecule has 2 aromatic rings. The summed E-state index contributed by atoms with van der Waals surface area (Å²) in [6.45, 7) is 2.56. The van der Waals surface area contributed by atoms with E-state index in [1.165, 1.54) is 6.92 Å². The van der Waals surface area contributed by atoms with E-state index in [-0.39, 0.29) is 12.5 Å². The number of fused-ring (bicyclic) bond motifs is 1. The SMILES string of the molecule is CC(=O)NCCc1cccc2ccc(OCCCOS(C)(=O)=O)cc12. The molecule has 6 nitrogen and oxygen atoms in total. The normalized spacial score (nSPS) is 11.4. The Balaban J connectivity index is 1.98. The molecule has 0 saturated heterocycles. The number of nitrogens with one attached hydrogen (secondary N) is 1. The predicted molar refractivity (Wildman–Crippen MR) is 97.2 cm³/mol. The van der Waals surface area contributed by atoms with Crippen LogP contribution in [0.5, 0.6) is 5.75 Å². The number of hydrogen-bond donors (Lipinski definition) is 1. The Hall–Kier alpha value is -2.12. The van der Waals surface area contributed by atoms with Gasteiger partial charge in [0.25, 0.3) is 10.1 Å². The maximum absolute atomic E-state index is 11.0. The van der Waals surface area contributed by atoms with E-state index < -0.39 is 10.1 Å². The molecule has 2 aromatic carbocycles. The van der Waals surface area contributed by atoms with Crippen LogP contribution in [-0.4, -0.2) is 40.3 Å². The smallest absolute Gasteiger partial charge is 0.264 e. The van der Waals surface area contributed by atoms with Crippen molar-refractivity contribution in [2.24, 2.45) is 0 Å². The first kappa shape index (κ1) is 19.2. The van der Waals surface area contributed by atoms with E-state index >= 15 is 0 Å². The molecule has 136 valence electrons. The van der Waals surface area contributed by atoms with Crippen molar-refractivity contribution < 1.29 is 22.1 Å². The van der Waals surface area contributed by atoms with Gasteiger partial charge in [-0.1, -0.05) is 24.3 Å².